The van der Waals surface area contributed by atoms with E-state index in [0.717, 1.165) is 25.7 Å². The highest BCUT2D eigenvalue weighted by Crippen LogP contribution is 2.23. The predicted molar refractivity (Wildman–Crippen MR) is 89.7 cm³/mol. The van der Waals surface area contributed by atoms with Gasteiger partial charge in [0, 0.05) is 6.04 Å². The second kappa shape index (κ2) is 8.93. The molecule has 2 N–H and O–H groups in total. The Bertz CT molecular complexity index is 714. The Labute approximate surface area is 154 Å². The summed E-state index contributed by atoms with van der Waals surface area (Å²) in [6.45, 7) is 1.26. The van der Waals surface area contributed by atoms with Crippen LogP contribution in [-0.2, 0) is 9.53 Å². The van der Waals surface area contributed by atoms with Gasteiger partial charge in [0.05, 0.1) is 10.6 Å². The van der Waals surface area contributed by atoms with Gasteiger partial charge in [-0.3, -0.25) is 10.1 Å². The van der Waals surface area contributed by atoms with Crippen LogP contribution in [0.5, 0.6) is 0 Å². The van der Waals surface area contributed by atoms with E-state index < -0.39 is 41.7 Å². The van der Waals surface area contributed by atoms with Crippen LogP contribution in [0.2, 0.25) is 5.02 Å². The lowest BCUT2D eigenvalue weighted by Crippen LogP contribution is -2.48. The Balaban J connectivity index is 1.81. The molecule has 0 aromatic heterocycles. The lowest BCUT2D eigenvalue weighted by Gasteiger charge is -2.29. The van der Waals surface area contributed by atoms with Crippen molar-refractivity contribution in [3.8, 4) is 0 Å². The fourth-order valence-corrected chi connectivity index (χ4v) is 3.01. The number of esters is 1. The van der Waals surface area contributed by atoms with Gasteiger partial charge in [-0.25, -0.2) is 18.4 Å². The smallest absolute Gasteiger partial charge is 0.340 e. The summed E-state index contributed by atoms with van der Waals surface area (Å²) in [5, 5.41) is 4.43. The Morgan fingerprint density at radius 3 is 2.54 bits per heavy atom. The summed E-state index contributed by atoms with van der Waals surface area (Å²) in [5.74, 6) is -4.12. The molecule has 0 spiro atoms. The first-order valence-corrected chi connectivity index (χ1v) is 8.57. The number of imide groups is 1. The molecule has 0 bridgehead atoms. The second-order valence-electron chi connectivity index (χ2n) is 6.21. The van der Waals surface area contributed by atoms with Crippen molar-refractivity contribution in [1.82, 2.24) is 10.6 Å². The molecule has 1 aliphatic carbocycles. The summed E-state index contributed by atoms with van der Waals surface area (Å²) in [6.07, 6.45) is 3.97. The average Bonchev–Trinajstić information content (AvgIpc) is 2.58. The summed E-state index contributed by atoms with van der Waals surface area (Å²) in [4.78, 5) is 35.3. The first kappa shape index (κ1) is 20.1. The molecule has 0 saturated heterocycles. The summed E-state index contributed by atoms with van der Waals surface area (Å²) in [6, 6.07) is 0.525. The maximum absolute atomic E-state index is 13.2. The van der Waals surface area contributed by atoms with Crippen molar-refractivity contribution in [3.05, 3.63) is 34.4 Å². The molecule has 3 amide bonds. The average molecular weight is 389 g/mol. The highest BCUT2D eigenvalue weighted by Gasteiger charge is 2.24. The molecule has 1 aromatic carbocycles. The number of ether oxygens (including phenoxy) is 1. The zero-order chi connectivity index (χ0) is 19.3. The van der Waals surface area contributed by atoms with Gasteiger partial charge >= 0.3 is 12.0 Å². The molecular formula is C17H19ClF2N2O4. The number of carbonyl (C=O) groups is 3. The number of hydrogen-bond acceptors (Lipinski definition) is 4. The van der Waals surface area contributed by atoms with Crippen molar-refractivity contribution >= 4 is 29.5 Å². The largest absolute Gasteiger partial charge is 0.452 e. The fraction of sp³-hybridized carbons (Fsp3) is 0.471. The molecule has 2 atom stereocenters. The molecule has 1 aromatic rings. The Hall–Kier alpha value is -2.22. The van der Waals surface area contributed by atoms with E-state index in [9.17, 15) is 23.2 Å². The fourth-order valence-electron chi connectivity index (χ4n) is 2.79. The van der Waals surface area contributed by atoms with Crippen molar-refractivity contribution in [2.75, 3.05) is 6.61 Å². The number of amides is 3. The number of urea groups is 1. The number of halogens is 3. The van der Waals surface area contributed by atoms with E-state index in [2.05, 4.69) is 15.4 Å². The first-order chi connectivity index (χ1) is 12.3. The molecule has 1 fully saturated rings. The predicted octanol–water partition coefficient (Wildman–Crippen LogP) is 3.18. The van der Waals surface area contributed by atoms with E-state index >= 15 is 0 Å². The Morgan fingerprint density at radius 1 is 1.19 bits per heavy atom. The van der Waals surface area contributed by atoms with Crippen LogP contribution in [0, 0.1) is 17.6 Å². The van der Waals surface area contributed by atoms with E-state index in [4.69, 9.17) is 11.6 Å². The maximum atomic E-state index is 13.2. The number of nitrogens with one attached hydrogen (secondary N) is 2. The molecule has 9 heteroatoms. The molecule has 1 aliphatic rings. The number of hydrogen-bond donors (Lipinski definition) is 2. The minimum absolute atomic E-state index is 0.0138. The van der Waals surface area contributed by atoms with Gasteiger partial charge in [0.1, 0.15) is 0 Å². The van der Waals surface area contributed by atoms with E-state index in [0.29, 0.717) is 18.1 Å². The zero-order valence-electron chi connectivity index (χ0n) is 14.1. The SMILES string of the molecule is C[C@@H]1CCCC[C@@H]1NC(=O)NC(=O)COC(=O)c1cc(F)c(F)cc1Cl. The van der Waals surface area contributed by atoms with E-state index in [1.165, 1.54) is 0 Å². The summed E-state index contributed by atoms with van der Waals surface area (Å²) < 4.78 is 30.8. The van der Waals surface area contributed by atoms with Crippen molar-refractivity contribution < 1.29 is 27.9 Å². The topological polar surface area (TPSA) is 84.5 Å². The number of rotatable bonds is 4. The molecule has 0 radical (unpaired) electrons. The van der Waals surface area contributed by atoms with Crippen LogP contribution in [0.25, 0.3) is 0 Å². The van der Waals surface area contributed by atoms with Crippen molar-refractivity contribution in [2.24, 2.45) is 5.92 Å². The van der Waals surface area contributed by atoms with E-state index in [-0.39, 0.29) is 11.1 Å². The standard InChI is InChI=1S/C17H19ClF2N2O4/c1-9-4-2-3-5-14(9)21-17(25)22-15(23)8-26-16(24)10-6-12(19)13(20)7-11(10)18/h6-7,9,14H,2-5,8H2,1H3,(H2,21,22,23,25)/t9-,14+/m1/s1. The lowest BCUT2D eigenvalue weighted by atomic mass is 9.86. The molecular weight excluding hydrogens is 370 g/mol. The Kier molecular flexibility index (Phi) is 6.90. The van der Waals surface area contributed by atoms with Gasteiger partial charge in [-0.05, 0) is 30.9 Å². The van der Waals surface area contributed by atoms with Crippen LogP contribution in [0.1, 0.15) is 43.0 Å². The maximum Gasteiger partial charge on any atom is 0.340 e. The lowest BCUT2D eigenvalue weighted by molar-refractivity contribution is -0.123. The van der Waals surface area contributed by atoms with Gasteiger partial charge in [0.2, 0.25) is 0 Å². The highest BCUT2D eigenvalue weighted by molar-refractivity contribution is 6.33. The normalized spacial score (nSPS) is 19.5. The summed E-state index contributed by atoms with van der Waals surface area (Å²) in [5.41, 5.74) is -0.418. The number of benzene rings is 1. The molecule has 0 aliphatic heterocycles. The zero-order valence-corrected chi connectivity index (χ0v) is 14.9. The van der Waals surface area contributed by atoms with Gasteiger partial charge in [0.25, 0.3) is 5.91 Å². The Morgan fingerprint density at radius 2 is 1.85 bits per heavy atom. The molecule has 0 heterocycles. The molecule has 6 nitrogen and oxygen atoms in total. The monoisotopic (exact) mass is 388 g/mol. The van der Waals surface area contributed by atoms with Crippen LogP contribution < -0.4 is 10.6 Å². The van der Waals surface area contributed by atoms with Gasteiger partial charge < -0.3 is 10.1 Å². The van der Waals surface area contributed by atoms with Gasteiger partial charge in [0.15, 0.2) is 18.2 Å². The quantitative estimate of drug-likeness (QED) is 0.613. The van der Waals surface area contributed by atoms with Gasteiger partial charge in [-0.1, -0.05) is 31.4 Å². The molecule has 142 valence electrons. The third-order valence-electron chi connectivity index (χ3n) is 4.25. The van der Waals surface area contributed by atoms with Crippen LogP contribution >= 0.6 is 11.6 Å². The minimum atomic E-state index is -1.27. The van der Waals surface area contributed by atoms with Crippen molar-refractivity contribution in [3.63, 3.8) is 0 Å². The molecule has 26 heavy (non-hydrogen) atoms. The highest BCUT2D eigenvalue weighted by atomic mass is 35.5. The van der Waals surface area contributed by atoms with Crippen LogP contribution in [0.4, 0.5) is 13.6 Å². The van der Waals surface area contributed by atoms with Crippen LogP contribution in [0.15, 0.2) is 12.1 Å². The molecule has 2 rings (SSSR count). The number of carbonyl (C=O) groups excluding carboxylic acids is 3. The third kappa shape index (κ3) is 5.39. The molecule has 0 unspecified atom stereocenters. The van der Waals surface area contributed by atoms with E-state index in [1.807, 2.05) is 6.92 Å². The first-order valence-electron chi connectivity index (χ1n) is 8.20. The molecule has 1 saturated carbocycles. The van der Waals surface area contributed by atoms with Crippen molar-refractivity contribution in [2.45, 2.75) is 38.6 Å². The van der Waals surface area contributed by atoms with Gasteiger partial charge in [-0.15, -0.1) is 0 Å². The van der Waals surface area contributed by atoms with Crippen LogP contribution in [-0.4, -0.2) is 30.6 Å². The third-order valence-corrected chi connectivity index (χ3v) is 4.56. The van der Waals surface area contributed by atoms with E-state index in [1.54, 1.807) is 0 Å². The second-order valence-corrected chi connectivity index (χ2v) is 6.62. The summed E-state index contributed by atoms with van der Waals surface area (Å²) in [7, 11) is 0. The van der Waals surface area contributed by atoms with Crippen molar-refractivity contribution in [1.29, 1.82) is 0 Å². The minimum Gasteiger partial charge on any atom is -0.452 e. The van der Waals surface area contributed by atoms with Gasteiger partial charge in [-0.2, -0.15) is 0 Å². The summed E-state index contributed by atoms with van der Waals surface area (Å²) >= 11 is 5.65. The van der Waals surface area contributed by atoms with Crippen LogP contribution in [0.3, 0.4) is 0 Å².